The first-order chi connectivity index (χ1) is 4.41. The summed E-state index contributed by atoms with van der Waals surface area (Å²) >= 11 is 10.6. The molecule has 0 amide bonds. The Bertz CT molecular complexity index is 49.8. The van der Waals surface area contributed by atoms with Crippen LogP contribution in [0.15, 0.2) is 0 Å². The van der Waals surface area contributed by atoms with E-state index in [1.54, 1.807) is 0 Å². The van der Waals surface area contributed by atoms with Crippen LogP contribution < -0.4 is 0 Å². The van der Waals surface area contributed by atoms with Gasteiger partial charge in [-0.3, -0.25) is 0 Å². The van der Waals surface area contributed by atoms with Crippen LogP contribution in [0.2, 0.25) is 0 Å². The third-order valence-corrected chi connectivity index (χ3v) is 1.33. The molecular weight excluding hydrogens is 182 g/mol. The lowest BCUT2D eigenvalue weighted by Crippen LogP contribution is -1.89. The van der Waals surface area contributed by atoms with E-state index in [-0.39, 0.29) is 0 Å². The molecule has 0 saturated heterocycles. The van der Waals surface area contributed by atoms with E-state index in [1.807, 2.05) is 0 Å². The van der Waals surface area contributed by atoms with Crippen molar-refractivity contribution in [3.63, 3.8) is 0 Å². The average molecular weight is 190 g/mol. The summed E-state index contributed by atoms with van der Waals surface area (Å²) in [6.45, 7) is 1.04. The van der Waals surface area contributed by atoms with E-state index in [1.165, 1.54) is 0 Å². The fourth-order valence-electron chi connectivity index (χ4n) is 0.181. The van der Waals surface area contributed by atoms with Gasteiger partial charge in [0, 0.05) is 11.8 Å². The van der Waals surface area contributed by atoms with Gasteiger partial charge in [0.05, 0.1) is 13.2 Å². The Morgan fingerprint density at radius 1 is 1.00 bits per heavy atom. The molecule has 0 fully saturated rings. The molecule has 9 heavy (non-hydrogen) atoms. The van der Waals surface area contributed by atoms with Crippen LogP contribution in [0.3, 0.4) is 0 Å². The molecule has 0 unspecified atom stereocenters. The predicted molar refractivity (Wildman–Crippen MR) is 40.3 cm³/mol. The first kappa shape index (κ1) is 9.93. The Kier molecular flexibility index (Phi) is 9.85. The van der Waals surface area contributed by atoms with Gasteiger partial charge in [0.15, 0.2) is 0 Å². The summed E-state index contributed by atoms with van der Waals surface area (Å²) in [4.78, 5) is 0. The first-order valence-electron chi connectivity index (χ1n) is 2.48. The number of hydrogen-bond donors (Lipinski definition) is 0. The zero-order chi connectivity index (χ0) is 6.95. The molecule has 0 rings (SSSR count). The van der Waals surface area contributed by atoms with Crippen LogP contribution in [0.5, 0.6) is 0 Å². The number of hydrogen-bond acceptors (Lipinski definition) is 2. The lowest BCUT2D eigenvalue weighted by molar-refractivity contribution is 0.290. The van der Waals surface area contributed by atoms with Crippen LogP contribution in [0.4, 0.5) is 0 Å². The molecule has 0 aliphatic carbocycles. The summed E-state index contributed by atoms with van der Waals surface area (Å²) < 4.78 is 9.69. The maximum atomic E-state index is 5.30. The Hall–Kier alpha value is 0.930. The predicted octanol–water partition coefficient (Wildman–Crippen LogP) is 2.27. The SMILES string of the molecule is ClCCO[P]OCCCl. The highest BCUT2D eigenvalue weighted by Crippen LogP contribution is 2.12. The minimum Gasteiger partial charge on any atom is -0.326 e. The largest absolute Gasteiger partial charge is 0.326 e. The van der Waals surface area contributed by atoms with E-state index in [9.17, 15) is 0 Å². The van der Waals surface area contributed by atoms with Gasteiger partial charge in [0.2, 0.25) is 0 Å². The van der Waals surface area contributed by atoms with Gasteiger partial charge in [-0.25, -0.2) is 0 Å². The summed E-state index contributed by atoms with van der Waals surface area (Å²) in [6.07, 6.45) is 0. The van der Waals surface area contributed by atoms with Crippen molar-refractivity contribution in [2.75, 3.05) is 25.0 Å². The smallest absolute Gasteiger partial charge is 0.256 e. The topological polar surface area (TPSA) is 18.5 Å². The monoisotopic (exact) mass is 189 g/mol. The average Bonchev–Trinajstić information content (AvgIpc) is 1.89. The van der Waals surface area contributed by atoms with E-state index < -0.39 is 0 Å². The quantitative estimate of drug-likeness (QED) is 0.363. The molecular formula is C4H8Cl2O2P. The third-order valence-electron chi connectivity index (χ3n) is 0.442. The highest BCUT2D eigenvalue weighted by Gasteiger charge is 1.87. The first-order valence-corrected chi connectivity index (χ1v) is 4.28. The van der Waals surface area contributed by atoms with Crippen molar-refractivity contribution in [1.82, 2.24) is 0 Å². The van der Waals surface area contributed by atoms with Crippen LogP contribution in [0.25, 0.3) is 0 Å². The third kappa shape index (κ3) is 8.93. The van der Waals surface area contributed by atoms with Gasteiger partial charge >= 0.3 is 0 Å². The molecule has 55 valence electrons. The van der Waals surface area contributed by atoms with Gasteiger partial charge < -0.3 is 9.05 Å². The molecule has 0 aliphatic rings. The van der Waals surface area contributed by atoms with E-state index in [2.05, 4.69) is 0 Å². The van der Waals surface area contributed by atoms with Crippen molar-refractivity contribution in [3.8, 4) is 0 Å². The Morgan fingerprint density at radius 3 is 1.78 bits per heavy atom. The highest BCUT2D eigenvalue weighted by atomic mass is 35.5. The summed E-state index contributed by atoms with van der Waals surface area (Å²) in [5.74, 6) is 0.995. The van der Waals surface area contributed by atoms with Crippen molar-refractivity contribution >= 4 is 32.2 Å². The van der Waals surface area contributed by atoms with Crippen LogP contribution >= 0.6 is 32.2 Å². The lowest BCUT2D eigenvalue weighted by atomic mass is 10.9. The van der Waals surface area contributed by atoms with Crippen molar-refractivity contribution in [1.29, 1.82) is 0 Å². The molecule has 1 radical (unpaired) electrons. The van der Waals surface area contributed by atoms with Crippen LogP contribution in [-0.2, 0) is 9.05 Å². The van der Waals surface area contributed by atoms with Crippen LogP contribution in [-0.4, -0.2) is 25.0 Å². The second-order valence-electron chi connectivity index (χ2n) is 1.12. The minimum absolute atomic E-state index is 0.497. The summed E-state index contributed by atoms with van der Waals surface area (Å²) in [6, 6.07) is 0. The summed E-state index contributed by atoms with van der Waals surface area (Å²) in [7, 11) is 0.505. The normalized spacial score (nSPS) is 10.0. The van der Waals surface area contributed by atoms with Gasteiger partial charge in [-0.15, -0.1) is 23.2 Å². The molecule has 0 heterocycles. The molecule has 0 atom stereocenters. The zero-order valence-electron chi connectivity index (χ0n) is 4.85. The highest BCUT2D eigenvalue weighted by molar-refractivity contribution is 7.26. The summed E-state index contributed by atoms with van der Waals surface area (Å²) in [5.41, 5.74) is 0. The lowest BCUT2D eigenvalue weighted by Gasteiger charge is -1.96. The molecule has 0 bridgehead atoms. The number of halogens is 2. The Balaban J connectivity index is 2.60. The van der Waals surface area contributed by atoms with E-state index in [4.69, 9.17) is 32.2 Å². The standard InChI is InChI=1S/C4H8Cl2O2P/c5-1-3-7-9-8-4-2-6/h1-4H2. The van der Waals surface area contributed by atoms with Gasteiger partial charge in [0.25, 0.3) is 9.03 Å². The Morgan fingerprint density at radius 2 is 1.44 bits per heavy atom. The second kappa shape index (κ2) is 8.93. The van der Waals surface area contributed by atoms with Crippen molar-refractivity contribution in [2.24, 2.45) is 0 Å². The summed E-state index contributed by atoms with van der Waals surface area (Å²) in [5, 5.41) is 0. The van der Waals surface area contributed by atoms with Crippen molar-refractivity contribution < 1.29 is 9.05 Å². The molecule has 0 spiro atoms. The second-order valence-corrected chi connectivity index (χ2v) is 2.54. The maximum absolute atomic E-state index is 5.30. The zero-order valence-corrected chi connectivity index (χ0v) is 7.25. The molecule has 5 heteroatoms. The van der Waals surface area contributed by atoms with Gasteiger partial charge in [0.1, 0.15) is 0 Å². The number of alkyl halides is 2. The molecule has 0 aromatic rings. The molecule has 0 aromatic heterocycles. The van der Waals surface area contributed by atoms with E-state index in [0.29, 0.717) is 34.0 Å². The van der Waals surface area contributed by atoms with Crippen LogP contribution in [0.1, 0.15) is 0 Å². The Labute approximate surface area is 66.8 Å². The van der Waals surface area contributed by atoms with Gasteiger partial charge in [-0.05, 0) is 0 Å². The molecule has 0 aromatic carbocycles. The molecule has 2 nitrogen and oxygen atoms in total. The van der Waals surface area contributed by atoms with Gasteiger partial charge in [-0.2, -0.15) is 0 Å². The number of rotatable bonds is 6. The van der Waals surface area contributed by atoms with E-state index in [0.717, 1.165) is 0 Å². The van der Waals surface area contributed by atoms with Crippen LogP contribution in [0, 0.1) is 0 Å². The minimum atomic E-state index is 0.497. The fourth-order valence-corrected chi connectivity index (χ4v) is 0.956. The van der Waals surface area contributed by atoms with E-state index >= 15 is 0 Å². The van der Waals surface area contributed by atoms with Crippen molar-refractivity contribution in [2.45, 2.75) is 0 Å². The maximum Gasteiger partial charge on any atom is 0.256 e. The molecule has 0 N–H and O–H groups in total. The van der Waals surface area contributed by atoms with Crippen molar-refractivity contribution in [3.05, 3.63) is 0 Å². The molecule has 0 aliphatic heterocycles. The molecule has 0 saturated carbocycles. The fraction of sp³-hybridized carbons (Fsp3) is 1.00. The van der Waals surface area contributed by atoms with Gasteiger partial charge in [-0.1, -0.05) is 0 Å².